The summed E-state index contributed by atoms with van der Waals surface area (Å²) in [6.45, 7) is 9.15. The van der Waals surface area contributed by atoms with E-state index in [9.17, 15) is 18.0 Å². The van der Waals surface area contributed by atoms with Crippen molar-refractivity contribution in [2.75, 3.05) is 17.5 Å². The molecule has 0 fully saturated rings. The summed E-state index contributed by atoms with van der Waals surface area (Å²) in [5, 5.41) is 3.28. The number of sulfonamides is 1. The zero-order valence-corrected chi connectivity index (χ0v) is 25.7. The predicted molar refractivity (Wildman–Crippen MR) is 163 cm³/mol. The van der Waals surface area contributed by atoms with Gasteiger partial charge in [-0.1, -0.05) is 60.5 Å². The predicted octanol–water partition coefficient (Wildman–Crippen LogP) is 5.57. The van der Waals surface area contributed by atoms with Crippen molar-refractivity contribution in [1.82, 2.24) is 10.2 Å². The largest absolute Gasteiger partial charge is 0.492 e. The van der Waals surface area contributed by atoms with E-state index >= 15 is 0 Å². The number of ether oxygens (including phenoxy) is 1. The Bertz CT molecular complexity index is 1440. The Balaban J connectivity index is 2.12. The number of nitrogens with one attached hydrogen (secondary N) is 1. The van der Waals surface area contributed by atoms with Gasteiger partial charge in [0.15, 0.2) is 0 Å². The third kappa shape index (κ3) is 8.24. The van der Waals surface area contributed by atoms with E-state index in [0.717, 1.165) is 15.4 Å². The summed E-state index contributed by atoms with van der Waals surface area (Å²) in [7, 11) is -4.24. The molecule has 0 saturated heterocycles. The Morgan fingerprint density at radius 3 is 2.27 bits per heavy atom. The van der Waals surface area contributed by atoms with Crippen molar-refractivity contribution >= 4 is 39.1 Å². The minimum absolute atomic E-state index is 0.0316. The Morgan fingerprint density at radius 1 is 0.976 bits per heavy atom. The fourth-order valence-corrected chi connectivity index (χ4v) is 6.05. The molecule has 0 aliphatic carbocycles. The Morgan fingerprint density at radius 2 is 1.66 bits per heavy atom. The van der Waals surface area contributed by atoms with Gasteiger partial charge in [-0.3, -0.25) is 13.9 Å². The molecule has 1 N–H and O–H groups in total. The molecule has 3 aromatic carbocycles. The van der Waals surface area contributed by atoms with Crippen molar-refractivity contribution in [2.45, 2.75) is 64.6 Å². The lowest BCUT2D eigenvalue weighted by Gasteiger charge is -2.34. The van der Waals surface area contributed by atoms with Gasteiger partial charge in [-0.2, -0.15) is 0 Å². The Kier molecular flexibility index (Phi) is 11.2. The molecule has 0 unspecified atom stereocenters. The quantitative estimate of drug-likeness (QED) is 0.277. The van der Waals surface area contributed by atoms with E-state index in [2.05, 4.69) is 5.32 Å². The number of halogens is 1. The molecular formula is C31H38ClN3O5S. The zero-order chi connectivity index (χ0) is 30.2. The average Bonchev–Trinajstić information content (AvgIpc) is 2.92. The highest BCUT2D eigenvalue weighted by atomic mass is 35.5. The minimum atomic E-state index is -4.24. The van der Waals surface area contributed by atoms with Gasteiger partial charge in [0.2, 0.25) is 11.8 Å². The topological polar surface area (TPSA) is 96.0 Å². The number of aryl methyl sites for hydroxylation is 1. The second-order valence-corrected chi connectivity index (χ2v) is 12.3. The first-order chi connectivity index (χ1) is 19.5. The van der Waals surface area contributed by atoms with Crippen LogP contribution in [0.2, 0.25) is 5.02 Å². The highest BCUT2D eigenvalue weighted by Gasteiger charge is 2.34. The maximum absolute atomic E-state index is 14.2. The van der Waals surface area contributed by atoms with Crippen LogP contribution in [0.4, 0.5) is 5.69 Å². The van der Waals surface area contributed by atoms with Crippen LogP contribution in [0, 0.1) is 6.92 Å². The number of rotatable bonds is 13. The van der Waals surface area contributed by atoms with Gasteiger partial charge >= 0.3 is 0 Å². The van der Waals surface area contributed by atoms with Crippen molar-refractivity contribution in [2.24, 2.45) is 0 Å². The molecule has 3 aromatic rings. The maximum atomic E-state index is 14.2. The molecule has 0 spiro atoms. The molecule has 0 heterocycles. The minimum Gasteiger partial charge on any atom is -0.492 e. The molecule has 8 nitrogen and oxygen atoms in total. The van der Waals surface area contributed by atoms with Gasteiger partial charge in [0.1, 0.15) is 18.3 Å². The first-order valence-corrected chi connectivity index (χ1v) is 15.4. The summed E-state index contributed by atoms with van der Waals surface area (Å²) in [6, 6.07) is 19.1. The first-order valence-electron chi connectivity index (χ1n) is 13.6. The second-order valence-electron chi connectivity index (χ2n) is 9.96. The second kappa shape index (κ2) is 14.4. The lowest BCUT2D eigenvalue weighted by molar-refractivity contribution is -0.140. The molecular weight excluding hydrogens is 562 g/mol. The summed E-state index contributed by atoms with van der Waals surface area (Å²) in [5.41, 5.74) is 2.05. The van der Waals surface area contributed by atoms with Gasteiger partial charge in [0, 0.05) is 17.6 Å². The van der Waals surface area contributed by atoms with Crippen molar-refractivity contribution in [3.05, 3.63) is 88.9 Å². The van der Waals surface area contributed by atoms with E-state index in [1.54, 1.807) is 31.2 Å². The number of hydrogen-bond acceptors (Lipinski definition) is 5. The molecule has 220 valence electrons. The number of hydrogen-bond donors (Lipinski definition) is 1. The number of para-hydroxylation sites is 2. The van der Waals surface area contributed by atoms with Gasteiger partial charge in [0.05, 0.1) is 17.2 Å². The fraction of sp³-hybridized carbons (Fsp3) is 0.355. The molecule has 3 rings (SSSR count). The molecule has 0 aromatic heterocycles. The van der Waals surface area contributed by atoms with Crippen LogP contribution in [-0.2, 0) is 26.2 Å². The zero-order valence-electron chi connectivity index (χ0n) is 24.1. The number of carbonyl (C=O) groups excluding carboxylic acids is 2. The molecule has 0 saturated carbocycles. The van der Waals surface area contributed by atoms with Crippen LogP contribution in [0.5, 0.6) is 5.75 Å². The number of benzene rings is 3. The molecule has 41 heavy (non-hydrogen) atoms. The van der Waals surface area contributed by atoms with Gasteiger partial charge in [0.25, 0.3) is 10.0 Å². The van der Waals surface area contributed by atoms with Gasteiger partial charge in [-0.05, 0) is 76.1 Å². The van der Waals surface area contributed by atoms with Gasteiger partial charge in [-0.25, -0.2) is 8.42 Å². The van der Waals surface area contributed by atoms with Crippen LogP contribution < -0.4 is 14.4 Å². The van der Waals surface area contributed by atoms with Gasteiger partial charge < -0.3 is 15.0 Å². The molecule has 1 atom stereocenters. The normalized spacial score (nSPS) is 12.1. The molecule has 0 aliphatic rings. The summed E-state index contributed by atoms with van der Waals surface area (Å²) >= 11 is 6.03. The Labute approximate surface area is 248 Å². The van der Waals surface area contributed by atoms with E-state index in [-0.39, 0.29) is 29.1 Å². The number of amides is 2. The van der Waals surface area contributed by atoms with Gasteiger partial charge in [-0.15, -0.1) is 0 Å². The standard InChI is InChI=1S/C31H38ClN3O5S/c1-6-27(31(37)33-22(3)4)34(20-24-12-10-11-23(5)19-24)30(36)21-35(28-13-8-9-14-29(28)40-7-2)41(38,39)26-17-15-25(32)16-18-26/h8-19,22,27H,6-7,20-21H2,1-5H3,(H,33,37)/t27-/m1/s1. The number of carbonyl (C=O) groups is 2. The first kappa shape index (κ1) is 32.0. The van der Waals surface area contributed by atoms with E-state index in [1.807, 2.05) is 52.0 Å². The third-order valence-electron chi connectivity index (χ3n) is 6.37. The average molecular weight is 600 g/mol. The molecule has 0 aliphatic heterocycles. The van der Waals surface area contributed by atoms with Crippen LogP contribution in [-0.4, -0.2) is 50.4 Å². The SMILES string of the molecule is CCOc1ccccc1N(CC(=O)N(Cc1cccc(C)c1)[C@H](CC)C(=O)NC(C)C)S(=O)(=O)c1ccc(Cl)cc1. The van der Waals surface area contributed by atoms with Crippen LogP contribution in [0.25, 0.3) is 0 Å². The van der Waals surface area contributed by atoms with Crippen molar-refractivity contribution < 1.29 is 22.7 Å². The summed E-state index contributed by atoms with van der Waals surface area (Å²) in [4.78, 5) is 28.9. The van der Waals surface area contributed by atoms with E-state index in [1.165, 1.54) is 29.2 Å². The lowest BCUT2D eigenvalue weighted by atomic mass is 10.1. The van der Waals surface area contributed by atoms with E-state index in [4.69, 9.17) is 16.3 Å². The third-order valence-corrected chi connectivity index (χ3v) is 8.39. The van der Waals surface area contributed by atoms with Crippen LogP contribution in [0.15, 0.2) is 77.7 Å². The van der Waals surface area contributed by atoms with Crippen LogP contribution in [0.1, 0.15) is 45.2 Å². The molecule has 2 amide bonds. The fourth-order valence-electron chi connectivity index (χ4n) is 4.50. The highest BCUT2D eigenvalue weighted by Crippen LogP contribution is 2.33. The van der Waals surface area contributed by atoms with E-state index < -0.39 is 28.5 Å². The highest BCUT2D eigenvalue weighted by molar-refractivity contribution is 7.92. The van der Waals surface area contributed by atoms with Crippen molar-refractivity contribution in [3.63, 3.8) is 0 Å². The monoisotopic (exact) mass is 599 g/mol. The Hall–Kier alpha value is -3.56. The molecule has 0 bridgehead atoms. The summed E-state index contributed by atoms with van der Waals surface area (Å²) < 4.78 is 34.9. The smallest absolute Gasteiger partial charge is 0.264 e. The van der Waals surface area contributed by atoms with Crippen LogP contribution >= 0.6 is 11.6 Å². The van der Waals surface area contributed by atoms with E-state index in [0.29, 0.717) is 23.8 Å². The lowest BCUT2D eigenvalue weighted by Crippen LogP contribution is -2.53. The van der Waals surface area contributed by atoms with Crippen LogP contribution in [0.3, 0.4) is 0 Å². The molecule has 0 radical (unpaired) electrons. The summed E-state index contributed by atoms with van der Waals surface area (Å²) in [6.07, 6.45) is 0.343. The van der Waals surface area contributed by atoms with Crippen molar-refractivity contribution in [3.8, 4) is 5.75 Å². The molecule has 10 heteroatoms. The maximum Gasteiger partial charge on any atom is 0.264 e. The number of nitrogens with zero attached hydrogens (tertiary/aromatic N) is 2. The van der Waals surface area contributed by atoms with Crippen molar-refractivity contribution in [1.29, 1.82) is 0 Å². The summed E-state index contributed by atoms with van der Waals surface area (Å²) in [5.74, 6) is -0.512. The number of anilines is 1.